The van der Waals surface area contributed by atoms with Crippen LogP contribution in [0.2, 0.25) is 0 Å². The molecule has 6 heteroatoms. The number of aromatic nitrogens is 2. The van der Waals surface area contributed by atoms with Gasteiger partial charge in [-0.3, -0.25) is 14.8 Å². The minimum absolute atomic E-state index is 0.0127. The Hall–Kier alpha value is -2.98. The van der Waals surface area contributed by atoms with Crippen molar-refractivity contribution in [1.29, 1.82) is 0 Å². The maximum atomic E-state index is 11.7. The fraction of sp³-hybridized carbons (Fsp3) is 0.316. The van der Waals surface area contributed by atoms with E-state index in [2.05, 4.69) is 32.7 Å². The number of H-pyrrole nitrogens is 2. The number of anilines is 1. The number of nitrogens with one attached hydrogen (secondary N) is 2. The predicted molar refractivity (Wildman–Crippen MR) is 97.1 cm³/mol. The topological polar surface area (TPSA) is 89.2 Å². The fourth-order valence-corrected chi connectivity index (χ4v) is 3.75. The second-order valence-electron chi connectivity index (χ2n) is 6.51. The number of aromatic hydroxyl groups is 1. The summed E-state index contributed by atoms with van der Waals surface area (Å²) in [6, 6.07) is 4.35. The van der Waals surface area contributed by atoms with E-state index in [9.17, 15) is 14.7 Å². The first-order chi connectivity index (χ1) is 12.1. The van der Waals surface area contributed by atoms with Crippen LogP contribution in [0.25, 0.3) is 12.2 Å². The van der Waals surface area contributed by atoms with Crippen molar-refractivity contribution in [2.75, 3.05) is 18.0 Å². The van der Waals surface area contributed by atoms with E-state index in [4.69, 9.17) is 0 Å². The van der Waals surface area contributed by atoms with Crippen LogP contribution in [-0.2, 0) is 12.8 Å². The van der Waals surface area contributed by atoms with Crippen LogP contribution in [0.3, 0.4) is 0 Å². The van der Waals surface area contributed by atoms with Gasteiger partial charge in [-0.15, -0.1) is 5.73 Å². The summed E-state index contributed by atoms with van der Waals surface area (Å²) in [7, 11) is 0. The lowest BCUT2D eigenvalue weighted by atomic mass is 9.90. The first kappa shape index (κ1) is 15.5. The zero-order valence-corrected chi connectivity index (χ0v) is 13.8. The number of benzene rings is 1. The highest BCUT2D eigenvalue weighted by atomic mass is 16.3. The predicted octanol–water partition coefficient (Wildman–Crippen LogP) is 1.79. The van der Waals surface area contributed by atoms with Gasteiger partial charge in [0.1, 0.15) is 5.56 Å². The third kappa shape index (κ3) is 2.92. The Bertz CT molecular complexity index is 978. The Balaban J connectivity index is 1.71. The molecule has 0 aliphatic carbocycles. The van der Waals surface area contributed by atoms with E-state index >= 15 is 0 Å². The molecular weight excluding hydrogens is 318 g/mol. The molecule has 0 atom stereocenters. The molecule has 2 aromatic rings. The van der Waals surface area contributed by atoms with E-state index in [1.165, 1.54) is 35.7 Å². The average Bonchev–Trinajstić information content (AvgIpc) is 2.58. The smallest absolute Gasteiger partial charge is 0.328 e. The van der Waals surface area contributed by atoms with Crippen molar-refractivity contribution in [3.05, 3.63) is 61.0 Å². The molecule has 0 saturated carbocycles. The third-order valence-electron chi connectivity index (χ3n) is 4.79. The molecule has 6 nitrogen and oxygen atoms in total. The Morgan fingerprint density at radius 2 is 1.72 bits per heavy atom. The van der Waals surface area contributed by atoms with Gasteiger partial charge in [0.15, 0.2) is 0 Å². The highest BCUT2D eigenvalue weighted by molar-refractivity contribution is 5.69. The standard InChI is InChI=1S/C19H19N3O3/c23-17-15(18(24)21-19(25)20-17)7-1-4-12-10-13-5-2-8-22-9-3-6-14(11-12)16(13)22/h4,7,10-11H,2-3,5-6,8-9H2,(H3,20,21,23,24,25). The van der Waals surface area contributed by atoms with Crippen molar-refractivity contribution in [2.45, 2.75) is 25.7 Å². The van der Waals surface area contributed by atoms with Crippen molar-refractivity contribution in [1.82, 2.24) is 9.97 Å². The van der Waals surface area contributed by atoms with Crippen molar-refractivity contribution in [2.24, 2.45) is 0 Å². The van der Waals surface area contributed by atoms with E-state index in [-0.39, 0.29) is 5.56 Å². The summed E-state index contributed by atoms with van der Waals surface area (Å²) in [5, 5.41) is 9.68. The Morgan fingerprint density at radius 1 is 1.04 bits per heavy atom. The monoisotopic (exact) mass is 337 g/mol. The summed E-state index contributed by atoms with van der Waals surface area (Å²) in [4.78, 5) is 29.5. The third-order valence-corrected chi connectivity index (χ3v) is 4.79. The van der Waals surface area contributed by atoms with Gasteiger partial charge in [0.2, 0.25) is 5.88 Å². The molecule has 2 aliphatic heterocycles. The first-order valence-electron chi connectivity index (χ1n) is 8.50. The number of hydrogen-bond acceptors (Lipinski definition) is 4. The van der Waals surface area contributed by atoms with Crippen LogP contribution >= 0.6 is 0 Å². The normalized spacial score (nSPS) is 15.3. The minimum Gasteiger partial charge on any atom is -0.494 e. The van der Waals surface area contributed by atoms with Crippen LogP contribution in [0.5, 0.6) is 5.88 Å². The molecule has 3 heterocycles. The van der Waals surface area contributed by atoms with Crippen LogP contribution in [-0.4, -0.2) is 28.2 Å². The zero-order valence-electron chi connectivity index (χ0n) is 13.8. The lowest BCUT2D eigenvalue weighted by Crippen LogP contribution is -2.34. The molecule has 3 N–H and O–H groups in total. The molecule has 25 heavy (non-hydrogen) atoms. The maximum Gasteiger partial charge on any atom is 0.328 e. The van der Waals surface area contributed by atoms with Crippen LogP contribution in [0, 0.1) is 0 Å². The van der Waals surface area contributed by atoms with E-state index in [0.29, 0.717) is 0 Å². The fourth-order valence-electron chi connectivity index (χ4n) is 3.75. The molecule has 0 radical (unpaired) electrons. The van der Waals surface area contributed by atoms with Gasteiger partial charge in [-0.05, 0) is 66.7 Å². The molecular formula is C19H19N3O3. The van der Waals surface area contributed by atoms with Gasteiger partial charge in [0.25, 0.3) is 5.56 Å². The van der Waals surface area contributed by atoms with E-state index < -0.39 is 17.1 Å². The van der Waals surface area contributed by atoms with Gasteiger partial charge in [0.05, 0.1) is 0 Å². The number of hydrogen-bond donors (Lipinski definition) is 3. The molecule has 128 valence electrons. The summed E-state index contributed by atoms with van der Waals surface area (Å²) >= 11 is 0. The lowest BCUT2D eigenvalue weighted by Gasteiger charge is -2.37. The maximum absolute atomic E-state index is 11.7. The summed E-state index contributed by atoms with van der Waals surface area (Å²) in [5.41, 5.74) is 6.75. The summed E-state index contributed by atoms with van der Waals surface area (Å²) < 4.78 is 0. The quantitative estimate of drug-likeness (QED) is 0.729. The van der Waals surface area contributed by atoms with Gasteiger partial charge in [-0.2, -0.15) is 0 Å². The number of aromatic amines is 2. The van der Waals surface area contributed by atoms with Crippen molar-refractivity contribution < 1.29 is 5.11 Å². The van der Waals surface area contributed by atoms with Crippen molar-refractivity contribution >= 4 is 17.8 Å². The van der Waals surface area contributed by atoms with Gasteiger partial charge in [-0.1, -0.05) is 0 Å². The summed E-state index contributed by atoms with van der Waals surface area (Å²) in [5.74, 6) is -0.453. The molecule has 0 unspecified atom stereocenters. The molecule has 1 aromatic carbocycles. The minimum atomic E-state index is -0.734. The SMILES string of the molecule is O=c1[nH]c(O)c(C=C=Cc2cc3c4c(c2)CCCN4CCC3)c(=O)[nH]1. The molecule has 4 rings (SSSR count). The van der Waals surface area contributed by atoms with E-state index in [0.717, 1.165) is 31.5 Å². The average molecular weight is 337 g/mol. The van der Waals surface area contributed by atoms with Crippen molar-refractivity contribution in [3.63, 3.8) is 0 Å². The van der Waals surface area contributed by atoms with Crippen LogP contribution in [0.15, 0.2) is 27.5 Å². The molecule has 0 fully saturated rings. The van der Waals surface area contributed by atoms with Gasteiger partial charge in [-0.25, -0.2) is 4.79 Å². The molecule has 1 aromatic heterocycles. The second-order valence-corrected chi connectivity index (χ2v) is 6.51. The highest BCUT2D eigenvalue weighted by Gasteiger charge is 2.23. The molecule has 0 bridgehead atoms. The van der Waals surface area contributed by atoms with Crippen LogP contribution in [0.4, 0.5) is 5.69 Å². The van der Waals surface area contributed by atoms with Crippen molar-refractivity contribution in [3.8, 4) is 5.88 Å². The molecule has 0 spiro atoms. The Labute approximate surface area is 144 Å². The summed E-state index contributed by atoms with van der Waals surface area (Å²) in [6.45, 7) is 2.28. The molecule has 0 saturated heterocycles. The van der Waals surface area contributed by atoms with E-state index in [1.54, 1.807) is 6.08 Å². The number of aryl methyl sites for hydroxylation is 2. The highest BCUT2D eigenvalue weighted by Crippen LogP contribution is 2.36. The largest absolute Gasteiger partial charge is 0.494 e. The molecule has 0 amide bonds. The van der Waals surface area contributed by atoms with Gasteiger partial charge >= 0.3 is 5.69 Å². The van der Waals surface area contributed by atoms with Crippen LogP contribution in [0.1, 0.15) is 35.1 Å². The number of rotatable bonds is 2. The molecule has 2 aliphatic rings. The summed E-state index contributed by atoms with van der Waals surface area (Å²) in [6.07, 6.45) is 7.71. The van der Waals surface area contributed by atoms with Gasteiger partial charge in [0, 0.05) is 18.8 Å². The van der Waals surface area contributed by atoms with Gasteiger partial charge < -0.3 is 10.0 Å². The zero-order chi connectivity index (χ0) is 17.4. The second kappa shape index (κ2) is 6.15. The Morgan fingerprint density at radius 3 is 2.36 bits per heavy atom. The first-order valence-corrected chi connectivity index (χ1v) is 8.50. The number of nitrogens with zero attached hydrogens (tertiary/aromatic N) is 1. The Kier molecular flexibility index (Phi) is 3.82. The van der Waals surface area contributed by atoms with E-state index in [1.807, 2.05) is 0 Å². The lowest BCUT2D eigenvalue weighted by molar-refractivity contribution is 0.447. The van der Waals surface area contributed by atoms with Crippen LogP contribution < -0.4 is 16.1 Å².